The second-order valence-corrected chi connectivity index (χ2v) is 2.68. The van der Waals surface area contributed by atoms with Crippen LogP contribution in [0.3, 0.4) is 0 Å². The molecule has 66 valence electrons. The molecule has 0 saturated carbocycles. The van der Waals surface area contributed by atoms with E-state index in [2.05, 4.69) is 21.8 Å². The second-order valence-electron chi connectivity index (χ2n) is 2.68. The molecule has 0 fully saturated rings. The summed E-state index contributed by atoms with van der Waals surface area (Å²) in [7, 11) is 0. The fourth-order valence-corrected chi connectivity index (χ4v) is 1.00. The lowest BCUT2D eigenvalue weighted by atomic mass is 10.3. The van der Waals surface area contributed by atoms with Gasteiger partial charge in [-0.25, -0.2) is 9.97 Å². The lowest BCUT2D eigenvalue weighted by molar-refractivity contribution is 1.27. The highest BCUT2D eigenvalue weighted by Gasteiger charge is 1.85. The minimum atomic E-state index is 0.762. The number of pyridine rings is 2. The third-order valence-corrected chi connectivity index (χ3v) is 1.65. The molecular formula is C12H8N2. The van der Waals surface area contributed by atoms with E-state index >= 15 is 0 Å². The third kappa shape index (κ3) is 2.18. The highest BCUT2D eigenvalue weighted by molar-refractivity contribution is 5.35. The summed E-state index contributed by atoms with van der Waals surface area (Å²) in [5.74, 6) is 5.87. The quantitative estimate of drug-likeness (QED) is 0.578. The van der Waals surface area contributed by atoms with Gasteiger partial charge in [-0.15, -0.1) is 0 Å². The van der Waals surface area contributed by atoms with E-state index in [0.717, 1.165) is 11.4 Å². The van der Waals surface area contributed by atoms with Crippen LogP contribution in [0.25, 0.3) is 0 Å². The second kappa shape index (κ2) is 4.20. The first-order valence-electron chi connectivity index (χ1n) is 4.29. The van der Waals surface area contributed by atoms with Crippen molar-refractivity contribution in [1.82, 2.24) is 9.97 Å². The van der Waals surface area contributed by atoms with Crippen LogP contribution in [-0.2, 0) is 0 Å². The van der Waals surface area contributed by atoms with Crippen molar-refractivity contribution in [2.24, 2.45) is 0 Å². The van der Waals surface area contributed by atoms with Crippen molar-refractivity contribution in [3.63, 3.8) is 0 Å². The first-order valence-corrected chi connectivity index (χ1v) is 4.29. The number of rotatable bonds is 0. The molecule has 2 aromatic heterocycles. The van der Waals surface area contributed by atoms with Crippen LogP contribution in [0.4, 0.5) is 0 Å². The Bertz CT molecular complexity index is 408. The fourth-order valence-electron chi connectivity index (χ4n) is 1.00. The minimum absolute atomic E-state index is 0.762. The summed E-state index contributed by atoms with van der Waals surface area (Å²) < 4.78 is 0. The maximum Gasteiger partial charge on any atom is 0.113 e. The van der Waals surface area contributed by atoms with Gasteiger partial charge in [0.25, 0.3) is 0 Å². The van der Waals surface area contributed by atoms with Gasteiger partial charge in [0.2, 0.25) is 0 Å². The van der Waals surface area contributed by atoms with Crippen LogP contribution in [0, 0.1) is 11.8 Å². The van der Waals surface area contributed by atoms with E-state index in [1.165, 1.54) is 0 Å². The van der Waals surface area contributed by atoms with Crippen LogP contribution < -0.4 is 0 Å². The summed E-state index contributed by atoms with van der Waals surface area (Å²) in [5.41, 5.74) is 1.52. The molecule has 2 heterocycles. The molecule has 0 aromatic carbocycles. The van der Waals surface area contributed by atoms with E-state index in [9.17, 15) is 0 Å². The van der Waals surface area contributed by atoms with Gasteiger partial charge in [-0.2, -0.15) is 0 Å². The predicted octanol–water partition coefficient (Wildman–Crippen LogP) is 1.88. The number of hydrogen-bond donors (Lipinski definition) is 0. The van der Waals surface area contributed by atoms with Crippen LogP contribution in [0.1, 0.15) is 11.4 Å². The molecule has 0 aliphatic carbocycles. The maximum absolute atomic E-state index is 4.09. The van der Waals surface area contributed by atoms with E-state index in [1.807, 2.05) is 36.4 Å². The summed E-state index contributed by atoms with van der Waals surface area (Å²) in [6, 6.07) is 11.3. The van der Waals surface area contributed by atoms with E-state index in [4.69, 9.17) is 0 Å². The average molecular weight is 180 g/mol. The van der Waals surface area contributed by atoms with Gasteiger partial charge in [-0.05, 0) is 36.1 Å². The van der Waals surface area contributed by atoms with Crippen molar-refractivity contribution in [1.29, 1.82) is 0 Å². The van der Waals surface area contributed by atoms with Gasteiger partial charge in [0, 0.05) is 12.4 Å². The first-order chi connectivity index (χ1) is 6.95. The molecule has 0 N–H and O–H groups in total. The smallest absolute Gasteiger partial charge is 0.113 e. The van der Waals surface area contributed by atoms with Crippen LogP contribution in [0.15, 0.2) is 48.8 Å². The molecular weight excluding hydrogens is 172 g/mol. The predicted molar refractivity (Wildman–Crippen MR) is 54.5 cm³/mol. The average Bonchev–Trinajstić information content (AvgIpc) is 2.29. The molecule has 0 bridgehead atoms. The molecule has 0 spiro atoms. The van der Waals surface area contributed by atoms with E-state index < -0.39 is 0 Å². The highest BCUT2D eigenvalue weighted by atomic mass is 14.7. The van der Waals surface area contributed by atoms with E-state index in [1.54, 1.807) is 12.4 Å². The molecule has 2 aromatic rings. The molecule has 0 radical (unpaired) electrons. The first kappa shape index (κ1) is 8.46. The summed E-state index contributed by atoms with van der Waals surface area (Å²) in [6.07, 6.45) is 3.45. The zero-order chi connectivity index (χ0) is 9.64. The van der Waals surface area contributed by atoms with Crippen molar-refractivity contribution < 1.29 is 0 Å². The Morgan fingerprint density at radius 2 is 1.21 bits per heavy atom. The van der Waals surface area contributed by atoms with Crippen molar-refractivity contribution in [3.05, 3.63) is 60.2 Å². The van der Waals surface area contributed by atoms with Gasteiger partial charge >= 0.3 is 0 Å². The van der Waals surface area contributed by atoms with Crippen molar-refractivity contribution in [2.45, 2.75) is 0 Å². The zero-order valence-electron chi connectivity index (χ0n) is 7.51. The van der Waals surface area contributed by atoms with Crippen LogP contribution >= 0.6 is 0 Å². The molecule has 0 unspecified atom stereocenters. The maximum atomic E-state index is 4.09. The summed E-state index contributed by atoms with van der Waals surface area (Å²) in [5, 5.41) is 0. The minimum Gasteiger partial charge on any atom is -0.248 e. The zero-order valence-corrected chi connectivity index (χ0v) is 7.51. The molecule has 2 rings (SSSR count). The van der Waals surface area contributed by atoms with Crippen LogP contribution in [0.5, 0.6) is 0 Å². The Kier molecular flexibility index (Phi) is 2.54. The third-order valence-electron chi connectivity index (χ3n) is 1.65. The molecule has 0 amide bonds. The molecule has 0 atom stereocenters. The van der Waals surface area contributed by atoms with Gasteiger partial charge in [0.05, 0.1) is 0 Å². The lowest BCUT2D eigenvalue weighted by Gasteiger charge is -1.87. The Hall–Kier alpha value is -2.14. The number of hydrogen-bond acceptors (Lipinski definition) is 2. The Labute approximate surface area is 82.7 Å². The largest absolute Gasteiger partial charge is 0.248 e. The van der Waals surface area contributed by atoms with Crippen LogP contribution in [0.2, 0.25) is 0 Å². The molecule has 0 aliphatic rings. The molecule has 2 nitrogen and oxygen atoms in total. The summed E-state index contributed by atoms with van der Waals surface area (Å²) >= 11 is 0. The summed E-state index contributed by atoms with van der Waals surface area (Å²) in [6.45, 7) is 0. The van der Waals surface area contributed by atoms with Gasteiger partial charge in [0.15, 0.2) is 0 Å². The monoisotopic (exact) mass is 180 g/mol. The van der Waals surface area contributed by atoms with Crippen molar-refractivity contribution in [3.8, 4) is 11.8 Å². The van der Waals surface area contributed by atoms with Gasteiger partial charge in [0.1, 0.15) is 11.4 Å². The molecule has 14 heavy (non-hydrogen) atoms. The molecule has 0 aliphatic heterocycles. The Morgan fingerprint density at radius 1 is 0.714 bits per heavy atom. The standard InChI is InChI=1S/C12H8N2/c1-3-9-13-11(5-1)7-8-12-6-2-4-10-14-12/h1-6,9-10H. The van der Waals surface area contributed by atoms with Crippen molar-refractivity contribution in [2.75, 3.05) is 0 Å². The lowest BCUT2D eigenvalue weighted by Crippen LogP contribution is -1.81. The van der Waals surface area contributed by atoms with Gasteiger partial charge in [-0.3, -0.25) is 0 Å². The molecule has 0 saturated heterocycles. The normalized spacial score (nSPS) is 8.86. The number of aromatic nitrogens is 2. The number of nitrogens with zero attached hydrogens (tertiary/aromatic N) is 2. The Morgan fingerprint density at radius 3 is 1.57 bits per heavy atom. The highest BCUT2D eigenvalue weighted by Crippen LogP contribution is 1.92. The van der Waals surface area contributed by atoms with E-state index in [0.29, 0.717) is 0 Å². The van der Waals surface area contributed by atoms with Crippen LogP contribution in [-0.4, -0.2) is 9.97 Å². The fraction of sp³-hybridized carbons (Fsp3) is 0. The molecule has 2 heteroatoms. The van der Waals surface area contributed by atoms with Gasteiger partial charge in [-0.1, -0.05) is 12.1 Å². The summed E-state index contributed by atoms with van der Waals surface area (Å²) in [4.78, 5) is 8.18. The van der Waals surface area contributed by atoms with E-state index in [-0.39, 0.29) is 0 Å². The Balaban J connectivity index is 2.24. The SMILES string of the molecule is C(#Cc1ccccn1)c1ccccn1. The van der Waals surface area contributed by atoms with Crippen molar-refractivity contribution >= 4 is 0 Å². The topological polar surface area (TPSA) is 25.8 Å². The van der Waals surface area contributed by atoms with Gasteiger partial charge < -0.3 is 0 Å².